The number of aryl methyl sites for hydroxylation is 4. The average Bonchev–Trinajstić information content (AvgIpc) is 2.40. The summed E-state index contributed by atoms with van der Waals surface area (Å²) in [7, 11) is 0. The second-order valence-electron chi connectivity index (χ2n) is 5.40. The number of aromatic nitrogens is 2. The second-order valence-corrected chi connectivity index (χ2v) is 5.40. The Hall–Kier alpha value is -1.90. The summed E-state index contributed by atoms with van der Waals surface area (Å²) in [5.74, 6) is 1.72. The predicted octanol–water partition coefficient (Wildman–Crippen LogP) is 4.20. The fourth-order valence-electron chi connectivity index (χ4n) is 2.23. The van der Waals surface area contributed by atoms with Crippen LogP contribution in [0, 0.1) is 27.7 Å². The summed E-state index contributed by atoms with van der Waals surface area (Å²) in [5.41, 5.74) is 5.92. The molecule has 1 aromatic carbocycles. The van der Waals surface area contributed by atoms with Crippen molar-refractivity contribution in [3.8, 4) is 11.4 Å². The van der Waals surface area contributed by atoms with Crippen molar-refractivity contribution >= 4 is 5.82 Å². The van der Waals surface area contributed by atoms with Crippen LogP contribution in [0.5, 0.6) is 0 Å². The van der Waals surface area contributed by atoms with Gasteiger partial charge < -0.3 is 5.32 Å². The molecule has 3 heteroatoms. The topological polar surface area (TPSA) is 37.8 Å². The van der Waals surface area contributed by atoms with Crippen molar-refractivity contribution in [2.75, 3.05) is 11.9 Å². The van der Waals surface area contributed by atoms with E-state index in [2.05, 4.69) is 55.1 Å². The Labute approximate surface area is 121 Å². The average molecular weight is 269 g/mol. The maximum atomic E-state index is 4.65. The van der Waals surface area contributed by atoms with Crippen molar-refractivity contribution in [1.82, 2.24) is 9.97 Å². The fourth-order valence-corrected chi connectivity index (χ4v) is 2.23. The number of anilines is 1. The summed E-state index contributed by atoms with van der Waals surface area (Å²) < 4.78 is 0. The van der Waals surface area contributed by atoms with Gasteiger partial charge in [-0.25, -0.2) is 9.97 Å². The Balaban J connectivity index is 2.47. The van der Waals surface area contributed by atoms with E-state index in [1.807, 2.05) is 13.0 Å². The zero-order valence-corrected chi connectivity index (χ0v) is 13.0. The normalized spacial score (nSPS) is 10.7. The van der Waals surface area contributed by atoms with E-state index in [0.717, 1.165) is 35.9 Å². The first-order chi connectivity index (χ1) is 9.51. The SMILES string of the molecule is CCCNc1cc(C)nc(-c2cc(C)c(C)cc2C)n1. The molecule has 0 aliphatic heterocycles. The molecule has 0 unspecified atom stereocenters. The molecule has 3 nitrogen and oxygen atoms in total. The molecule has 20 heavy (non-hydrogen) atoms. The molecule has 0 aliphatic rings. The van der Waals surface area contributed by atoms with Gasteiger partial charge in [0, 0.05) is 23.9 Å². The van der Waals surface area contributed by atoms with Gasteiger partial charge in [-0.15, -0.1) is 0 Å². The molecule has 0 bridgehead atoms. The highest BCUT2D eigenvalue weighted by molar-refractivity contribution is 5.63. The van der Waals surface area contributed by atoms with Crippen LogP contribution in [0.25, 0.3) is 11.4 Å². The monoisotopic (exact) mass is 269 g/mol. The van der Waals surface area contributed by atoms with E-state index in [1.54, 1.807) is 0 Å². The lowest BCUT2D eigenvalue weighted by Crippen LogP contribution is -2.05. The molecular weight excluding hydrogens is 246 g/mol. The van der Waals surface area contributed by atoms with E-state index in [4.69, 9.17) is 0 Å². The molecule has 1 N–H and O–H groups in total. The maximum Gasteiger partial charge on any atom is 0.162 e. The summed E-state index contributed by atoms with van der Waals surface area (Å²) in [6, 6.07) is 6.38. The number of hydrogen-bond acceptors (Lipinski definition) is 3. The van der Waals surface area contributed by atoms with Gasteiger partial charge in [0.2, 0.25) is 0 Å². The van der Waals surface area contributed by atoms with Crippen molar-refractivity contribution in [3.05, 3.63) is 40.6 Å². The van der Waals surface area contributed by atoms with Crippen LogP contribution in [0.2, 0.25) is 0 Å². The predicted molar refractivity (Wildman–Crippen MR) is 85.2 cm³/mol. The minimum absolute atomic E-state index is 0.809. The number of rotatable bonds is 4. The zero-order chi connectivity index (χ0) is 14.7. The standard InChI is InChI=1S/C17H23N3/c1-6-7-18-16-10-14(5)19-17(20-16)15-9-12(3)11(2)8-13(15)4/h8-10H,6-7H2,1-5H3,(H,18,19,20). The molecule has 1 aromatic heterocycles. The highest BCUT2D eigenvalue weighted by Crippen LogP contribution is 2.25. The quantitative estimate of drug-likeness (QED) is 0.904. The van der Waals surface area contributed by atoms with E-state index < -0.39 is 0 Å². The van der Waals surface area contributed by atoms with E-state index >= 15 is 0 Å². The van der Waals surface area contributed by atoms with Gasteiger partial charge in [-0.05, 0) is 56.9 Å². The molecule has 1 heterocycles. The Morgan fingerprint density at radius 2 is 1.60 bits per heavy atom. The number of nitrogens with one attached hydrogen (secondary N) is 1. The van der Waals surface area contributed by atoms with Crippen LogP contribution >= 0.6 is 0 Å². The van der Waals surface area contributed by atoms with Crippen molar-refractivity contribution in [2.45, 2.75) is 41.0 Å². The molecule has 0 atom stereocenters. The third-order valence-corrected chi connectivity index (χ3v) is 3.49. The Kier molecular flexibility index (Phi) is 4.38. The van der Waals surface area contributed by atoms with E-state index in [9.17, 15) is 0 Å². The summed E-state index contributed by atoms with van der Waals surface area (Å²) >= 11 is 0. The lowest BCUT2D eigenvalue weighted by atomic mass is 10.0. The Morgan fingerprint density at radius 1 is 0.900 bits per heavy atom. The van der Waals surface area contributed by atoms with Crippen molar-refractivity contribution in [1.29, 1.82) is 0 Å². The summed E-state index contributed by atoms with van der Waals surface area (Å²) in [4.78, 5) is 9.24. The number of benzene rings is 1. The van der Waals surface area contributed by atoms with Gasteiger partial charge in [-0.2, -0.15) is 0 Å². The third-order valence-electron chi connectivity index (χ3n) is 3.49. The lowest BCUT2D eigenvalue weighted by molar-refractivity contribution is 0.962. The van der Waals surface area contributed by atoms with E-state index in [0.29, 0.717) is 0 Å². The first-order valence-electron chi connectivity index (χ1n) is 7.19. The molecule has 0 amide bonds. The second kappa shape index (κ2) is 6.04. The minimum atomic E-state index is 0.809. The van der Waals surface area contributed by atoms with Crippen molar-refractivity contribution < 1.29 is 0 Å². The van der Waals surface area contributed by atoms with Gasteiger partial charge in [0.1, 0.15) is 5.82 Å². The highest BCUT2D eigenvalue weighted by Gasteiger charge is 2.09. The molecule has 0 saturated carbocycles. The lowest BCUT2D eigenvalue weighted by Gasteiger charge is -2.11. The number of hydrogen-bond donors (Lipinski definition) is 1. The molecule has 0 spiro atoms. The largest absolute Gasteiger partial charge is 0.370 e. The van der Waals surface area contributed by atoms with Crippen LogP contribution in [0.4, 0.5) is 5.82 Å². The Morgan fingerprint density at radius 3 is 2.30 bits per heavy atom. The third kappa shape index (κ3) is 3.16. The van der Waals surface area contributed by atoms with Crippen LogP contribution in [-0.4, -0.2) is 16.5 Å². The molecule has 2 aromatic rings. The number of nitrogens with zero attached hydrogens (tertiary/aromatic N) is 2. The van der Waals surface area contributed by atoms with Gasteiger partial charge in [0.25, 0.3) is 0 Å². The summed E-state index contributed by atoms with van der Waals surface area (Å²) in [5, 5.41) is 3.34. The first kappa shape index (κ1) is 14.5. The van der Waals surface area contributed by atoms with Crippen LogP contribution in [0.15, 0.2) is 18.2 Å². The first-order valence-corrected chi connectivity index (χ1v) is 7.19. The van der Waals surface area contributed by atoms with Gasteiger partial charge in [-0.1, -0.05) is 13.0 Å². The molecule has 0 radical (unpaired) electrons. The van der Waals surface area contributed by atoms with Crippen LogP contribution in [0.1, 0.15) is 35.7 Å². The molecule has 0 aliphatic carbocycles. The Bertz CT molecular complexity index is 618. The van der Waals surface area contributed by atoms with Gasteiger partial charge in [0.05, 0.1) is 0 Å². The molecular formula is C17H23N3. The summed E-state index contributed by atoms with van der Waals surface area (Å²) in [6.07, 6.45) is 1.08. The molecule has 2 rings (SSSR count). The smallest absolute Gasteiger partial charge is 0.162 e. The van der Waals surface area contributed by atoms with Gasteiger partial charge in [0.15, 0.2) is 5.82 Å². The fraction of sp³-hybridized carbons (Fsp3) is 0.412. The van der Waals surface area contributed by atoms with E-state index in [-0.39, 0.29) is 0 Å². The van der Waals surface area contributed by atoms with Crippen LogP contribution in [-0.2, 0) is 0 Å². The zero-order valence-electron chi connectivity index (χ0n) is 13.0. The summed E-state index contributed by atoms with van der Waals surface area (Å²) in [6.45, 7) is 11.5. The van der Waals surface area contributed by atoms with Crippen LogP contribution in [0.3, 0.4) is 0 Å². The van der Waals surface area contributed by atoms with Crippen LogP contribution < -0.4 is 5.32 Å². The highest BCUT2D eigenvalue weighted by atomic mass is 15.0. The molecule has 0 fully saturated rings. The molecule has 106 valence electrons. The van der Waals surface area contributed by atoms with Gasteiger partial charge >= 0.3 is 0 Å². The van der Waals surface area contributed by atoms with E-state index in [1.165, 1.54) is 16.7 Å². The minimum Gasteiger partial charge on any atom is -0.370 e. The van der Waals surface area contributed by atoms with Crippen molar-refractivity contribution in [3.63, 3.8) is 0 Å². The van der Waals surface area contributed by atoms with Crippen molar-refractivity contribution in [2.24, 2.45) is 0 Å². The maximum absolute atomic E-state index is 4.65. The van der Waals surface area contributed by atoms with Gasteiger partial charge in [-0.3, -0.25) is 0 Å². The molecule has 0 saturated heterocycles.